The van der Waals surface area contributed by atoms with Gasteiger partial charge in [-0.15, -0.1) is 0 Å². The van der Waals surface area contributed by atoms with E-state index in [-0.39, 0.29) is 11.3 Å². The second kappa shape index (κ2) is 4.97. The van der Waals surface area contributed by atoms with Crippen LogP contribution in [0.5, 0.6) is 5.75 Å². The van der Waals surface area contributed by atoms with Gasteiger partial charge in [-0.2, -0.15) is 0 Å². The lowest BCUT2D eigenvalue weighted by molar-refractivity contribution is -0.136. The molecule has 0 spiro atoms. The number of esters is 1. The first-order valence-corrected chi connectivity index (χ1v) is 5.69. The van der Waals surface area contributed by atoms with Gasteiger partial charge in [-0.1, -0.05) is 28.1 Å². The second-order valence-electron chi connectivity index (χ2n) is 3.63. The van der Waals surface area contributed by atoms with Gasteiger partial charge in [0.2, 0.25) is 0 Å². The summed E-state index contributed by atoms with van der Waals surface area (Å²) < 4.78 is 4.27. The number of hydrogen-bond donors (Lipinski definition) is 0. The van der Waals surface area contributed by atoms with E-state index in [1.165, 1.54) is 12.1 Å². The number of ether oxygens (including phenoxy) is 1. The van der Waals surface area contributed by atoms with E-state index in [2.05, 4.69) is 15.9 Å². The molecule has 0 heterocycles. The van der Waals surface area contributed by atoms with Gasteiger partial charge in [0.1, 0.15) is 10.1 Å². The number of para-hydroxylation sites is 1. The Balaban J connectivity index is 2.98. The first kappa shape index (κ1) is 13.2. The van der Waals surface area contributed by atoms with Crippen molar-refractivity contribution < 1.29 is 14.3 Å². The molecule has 1 aromatic rings. The summed E-state index contributed by atoms with van der Waals surface area (Å²) in [5, 5.41) is -0.657. The van der Waals surface area contributed by atoms with E-state index < -0.39 is 15.5 Å². The van der Waals surface area contributed by atoms with Crippen molar-refractivity contribution in [1.29, 1.82) is 0 Å². The van der Waals surface area contributed by atoms with Crippen molar-refractivity contribution in [2.45, 2.75) is 18.2 Å². The van der Waals surface area contributed by atoms with Crippen LogP contribution in [-0.2, 0) is 4.79 Å². The highest BCUT2D eigenvalue weighted by Crippen LogP contribution is 2.24. The Morgan fingerprint density at radius 3 is 2.38 bits per heavy atom. The SMILES string of the molecule is CC(C)(Br)C(=O)Oc1ccccc1C(=O)Cl. The zero-order valence-corrected chi connectivity index (χ0v) is 11.1. The van der Waals surface area contributed by atoms with Crippen LogP contribution in [0.15, 0.2) is 24.3 Å². The lowest BCUT2D eigenvalue weighted by atomic mass is 10.2. The first-order valence-electron chi connectivity index (χ1n) is 4.52. The van der Waals surface area contributed by atoms with E-state index in [0.29, 0.717) is 0 Å². The maximum atomic E-state index is 11.6. The molecule has 0 radical (unpaired) electrons. The van der Waals surface area contributed by atoms with Gasteiger partial charge >= 0.3 is 5.97 Å². The van der Waals surface area contributed by atoms with Gasteiger partial charge in [0.15, 0.2) is 0 Å². The second-order valence-corrected chi connectivity index (χ2v) is 5.96. The highest BCUT2D eigenvalue weighted by atomic mass is 79.9. The van der Waals surface area contributed by atoms with Crippen LogP contribution < -0.4 is 4.74 Å². The Labute approximate surface area is 107 Å². The van der Waals surface area contributed by atoms with Gasteiger partial charge < -0.3 is 4.74 Å². The fraction of sp³-hybridized carbons (Fsp3) is 0.273. The third kappa shape index (κ3) is 3.32. The maximum absolute atomic E-state index is 11.6. The number of alkyl halides is 1. The molecule has 0 aromatic heterocycles. The molecule has 86 valence electrons. The van der Waals surface area contributed by atoms with Gasteiger partial charge in [0.25, 0.3) is 5.24 Å². The molecule has 0 amide bonds. The van der Waals surface area contributed by atoms with Gasteiger partial charge in [-0.25, -0.2) is 0 Å². The molecule has 0 atom stereocenters. The molecular formula is C11H10BrClO3. The fourth-order valence-corrected chi connectivity index (χ4v) is 1.18. The Bertz CT molecular complexity index is 423. The Kier molecular flexibility index (Phi) is 4.10. The van der Waals surface area contributed by atoms with Gasteiger partial charge in [-0.05, 0) is 37.6 Å². The molecule has 5 heteroatoms. The summed E-state index contributed by atoms with van der Waals surface area (Å²) in [6, 6.07) is 6.32. The monoisotopic (exact) mass is 304 g/mol. The Hall–Kier alpha value is -0.870. The lowest BCUT2D eigenvalue weighted by Gasteiger charge is -2.15. The standard InChI is InChI=1S/C11H10BrClO3/c1-11(2,12)10(15)16-8-6-4-3-5-7(8)9(13)14/h3-6H,1-2H3. The van der Waals surface area contributed by atoms with Crippen LogP contribution in [0.3, 0.4) is 0 Å². The lowest BCUT2D eigenvalue weighted by Crippen LogP contribution is -2.29. The molecule has 3 nitrogen and oxygen atoms in total. The van der Waals surface area contributed by atoms with Crippen LogP contribution >= 0.6 is 27.5 Å². The molecule has 0 aliphatic carbocycles. The average molecular weight is 306 g/mol. The quantitative estimate of drug-likeness (QED) is 0.373. The highest BCUT2D eigenvalue weighted by molar-refractivity contribution is 9.10. The van der Waals surface area contributed by atoms with E-state index in [4.69, 9.17) is 16.3 Å². The van der Waals surface area contributed by atoms with Crippen LogP contribution in [0.2, 0.25) is 0 Å². The molecule has 0 saturated carbocycles. The molecule has 1 rings (SSSR count). The minimum Gasteiger partial charge on any atom is -0.425 e. The predicted molar refractivity (Wildman–Crippen MR) is 65.3 cm³/mol. The number of hydrogen-bond acceptors (Lipinski definition) is 3. The van der Waals surface area contributed by atoms with Gasteiger partial charge in [0, 0.05) is 0 Å². The molecule has 0 unspecified atom stereocenters. The van der Waals surface area contributed by atoms with Crippen molar-refractivity contribution in [2.24, 2.45) is 0 Å². The summed E-state index contributed by atoms with van der Waals surface area (Å²) in [7, 11) is 0. The smallest absolute Gasteiger partial charge is 0.327 e. The normalized spacial score (nSPS) is 11.0. The molecule has 0 aliphatic heterocycles. The molecule has 0 aliphatic rings. The number of carbonyl (C=O) groups is 2. The molecule has 0 saturated heterocycles. The van der Waals surface area contributed by atoms with Crippen molar-refractivity contribution in [1.82, 2.24) is 0 Å². The zero-order valence-electron chi connectivity index (χ0n) is 8.79. The van der Waals surface area contributed by atoms with Crippen LogP contribution in [-0.4, -0.2) is 15.5 Å². The van der Waals surface area contributed by atoms with E-state index in [1.54, 1.807) is 26.0 Å². The van der Waals surface area contributed by atoms with Gasteiger partial charge in [-0.3, -0.25) is 9.59 Å². The fourth-order valence-electron chi connectivity index (χ4n) is 0.939. The first-order chi connectivity index (χ1) is 7.32. The molecule has 1 aromatic carbocycles. The largest absolute Gasteiger partial charge is 0.425 e. The van der Waals surface area contributed by atoms with E-state index in [9.17, 15) is 9.59 Å². The minimum absolute atomic E-state index is 0.167. The topological polar surface area (TPSA) is 43.4 Å². The highest BCUT2D eigenvalue weighted by Gasteiger charge is 2.27. The third-order valence-corrected chi connectivity index (χ3v) is 2.31. The number of benzene rings is 1. The Morgan fingerprint density at radius 1 is 1.31 bits per heavy atom. The molecule has 16 heavy (non-hydrogen) atoms. The molecule has 0 fully saturated rings. The van der Waals surface area contributed by atoms with Crippen molar-refractivity contribution in [3.8, 4) is 5.75 Å². The zero-order chi connectivity index (χ0) is 12.3. The molecule has 0 N–H and O–H groups in total. The summed E-state index contributed by atoms with van der Waals surface area (Å²) in [6.07, 6.45) is 0. The van der Waals surface area contributed by atoms with Gasteiger partial charge in [0.05, 0.1) is 5.56 Å². The number of rotatable bonds is 3. The average Bonchev–Trinajstić information content (AvgIpc) is 2.16. The van der Waals surface area contributed by atoms with Crippen LogP contribution in [0.4, 0.5) is 0 Å². The summed E-state index contributed by atoms with van der Waals surface area (Å²) in [6.45, 7) is 3.31. The van der Waals surface area contributed by atoms with Crippen LogP contribution in [0.1, 0.15) is 24.2 Å². The van der Waals surface area contributed by atoms with Crippen LogP contribution in [0.25, 0.3) is 0 Å². The van der Waals surface area contributed by atoms with Crippen molar-refractivity contribution >= 4 is 38.7 Å². The number of carbonyl (C=O) groups excluding carboxylic acids is 2. The number of halogens is 2. The van der Waals surface area contributed by atoms with Crippen molar-refractivity contribution in [3.63, 3.8) is 0 Å². The van der Waals surface area contributed by atoms with E-state index in [0.717, 1.165) is 0 Å². The van der Waals surface area contributed by atoms with Crippen molar-refractivity contribution in [2.75, 3.05) is 0 Å². The summed E-state index contributed by atoms with van der Waals surface area (Å²) in [4.78, 5) is 22.6. The molecular weight excluding hydrogens is 295 g/mol. The third-order valence-electron chi connectivity index (χ3n) is 1.79. The summed E-state index contributed by atoms with van der Waals surface area (Å²) >= 11 is 8.53. The summed E-state index contributed by atoms with van der Waals surface area (Å²) in [5.74, 6) is -0.321. The minimum atomic E-state index is -0.810. The maximum Gasteiger partial charge on any atom is 0.327 e. The van der Waals surface area contributed by atoms with E-state index in [1.807, 2.05) is 0 Å². The van der Waals surface area contributed by atoms with E-state index >= 15 is 0 Å². The molecule has 0 bridgehead atoms. The predicted octanol–water partition coefficient (Wildman–Crippen LogP) is 3.14. The summed E-state index contributed by atoms with van der Waals surface area (Å²) in [5.41, 5.74) is 0.175. The van der Waals surface area contributed by atoms with Crippen molar-refractivity contribution in [3.05, 3.63) is 29.8 Å². The van der Waals surface area contributed by atoms with Crippen LogP contribution in [0, 0.1) is 0 Å². The Morgan fingerprint density at radius 2 is 1.88 bits per heavy atom.